The summed E-state index contributed by atoms with van der Waals surface area (Å²) in [5.41, 5.74) is 1.04. The molecule has 13 heavy (non-hydrogen) atoms. The van der Waals surface area contributed by atoms with Crippen LogP contribution in [-0.4, -0.2) is 25.7 Å². The first-order valence-electron chi connectivity index (χ1n) is 2.59. The van der Waals surface area contributed by atoms with Gasteiger partial charge in [0.15, 0.2) is 0 Å². The van der Waals surface area contributed by atoms with E-state index in [0.29, 0.717) is 11.5 Å². The molecule has 0 bridgehead atoms. The lowest BCUT2D eigenvalue weighted by molar-refractivity contribution is -0.144. The number of hydrogen-bond donors (Lipinski definition) is 2. The fourth-order valence-electron chi connectivity index (χ4n) is 0.296. The number of carbonyl (C=O) groups is 1. The smallest absolute Gasteiger partial charge is 0.450 e. The van der Waals surface area contributed by atoms with E-state index in [1.54, 1.807) is 0 Å². The standard InChI is InChI=1S/C3HF3N2S.CH2O3/c4-3(5,6)2-7-1-9-8-2;2-1(3)4/h1H;(H2,2,3,4). The molecule has 0 saturated heterocycles. The van der Waals surface area contributed by atoms with Gasteiger partial charge in [0.1, 0.15) is 5.51 Å². The van der Waals surface area contributed by atoms with Crippen LogP contribution in [0.5, 0.6) is 0 Å². The molecule has 0 aliphatic carbocycles. The number of halogens is 3. The van der Waals surface area contributed by atoms with Crippen molar-refractivity contribution in [3.05, 3.63) is 11.3 Å². The van der Waals surface area contributed by atoms with Crippen molar-refractivity contribution >= 4 is 17.7 Å². The molecule has 74 valence electrons. The Balaban J connectivity index is 0.000000310. The highest BCUT2D eigenvalue weighted by molar-refractivity contribution is 7.03. The van der Waals surface area contributed by atoms with E-state index in [9.17, 15) is 13.2 Å². The van der Waals surface area contributed by atoms with Gasteiger partial charge >= 0.3 is 12.3 Å². The maximum Gasteiger partial charge on any atom is 0.503 e. The van der Waals surface area contributed by atoms with E-state index in [4.69, 9.17) is 15.0 Å². The summed E-state index contributed by atoms with van der Waals surface area (Å²) < 4.78 is 37.5. The van der Waals surface area contributed by atoms with Crippen LogP contribution in [-0.2, 0) is 6.18 Å². The van der Waals surface area contributed by atoms with E-state index in [1.165, 1.54) is 0 Å². The van der Waals surface area contributed by atoms with E-state index >= 15 is 0 Å². The molecule has 1 heterocycles. The van der Waals surface area contributed by atoms with Crippen molar-refractivity contribution in [3.63, 3.8) is 0 Å². The highest BCUT2D eigenvalue weighted by atomic mass is 32.1. The van der Waals surface area contributed by atoms with Gasteiger partial charge < -0.3 is 10.2 Å². The molecule has 0 aromatic carbocycles. The van der Waals surface area contributed by atoms with Gasteiger partial charge in [-0.05, 0) is 11.5 Å². The summed E-state index contributed by atoms with van der Waals surface area (Å²) in [5, 5.41) is 13.9. The summed E-state index contributed by atoms with van der Waals surface area (Å²) >= 11 is 0.685. The Morgan fingerprint density at radius 2 is 1.92 bits per heavy atom. The average molecular weight is 216 g/mol. The second kappa shape index (κ2) is 4.60. The van der Waals surface area contributed by atoms with Crippen molar-refractivity contribution in [3.8, 4) is 0 Å². The molecule has 0 saturated carbocycles. The van der Waals surface area contributed by atoms with Crippen LogP contribution < -0.4 is 0 Å². The minimum atomic E-state index is -4.39. The Morgan fingerprint density at radius 1 is 1.46 bits per heavy atom. The average Bonchev–Trinajstić information content (AvgIpc) is 2.31. The molecule has 0 aliphatic rings. The minimum Gasteiger partial charge on any atom is -0.450 e. The number of carboxylic acid groups (broad SMARTS) is 2. The van der Waals surface area contributed by atoms with Crippen LogP contribution in [0.2, 0.25) is 0 Å². The molecule has 0 amide bonds. The molecule has 9 heteroatoms. The Kier molecular flexibility index (Phi) is 4.11. The lowest BCUT2D eigenvalue weighted by atomic mass is 10.6. The Labute approximate surface area is 73.6 Å². The van der Waals surface area contributed by atoms with Crippen LogP contribution in [0.25, 0.3) is 0 Å². The molecule has 0 unspecified atom stereocenters. The van der Waals surface area contributed by atoms with E-state index in [2.05, 4.69) is 9.36 Å². The van der Waals surface area contributed by atoms with Gasteiger partial charge in [0.2, 0.25) is 5.82 Å². The number of alkyl halides is 3. The third-order valence-corrected chi connectivity index (χ3v) is 1.09. The quantitative estimate of drug-likeness (QED) is 0.690. The first-order chi connectivity index (χ1) is 5.84. The Hall–Kier alpha value is -1.38. The second-order valence-electron chi connectivity index (χ2n) is 1.54. The third kappa shape index (κ3) is 5.84. The molecule has 0 atom stereocenters. The predicted octanol–water partition coefficient (Wildman–Crippen LogP) is 1.78. The van der Waals surface area contributed by atoms with E-state index in [0.717, 1.165) is 5.51 Å². The van der Waals surface area contributed by atoms with Gasteiger partial charge in [0, 0.05) is 0 Å². The minimum absolute atomic E-state index is 0.685. The molecular weight excluding hydrogens is 213 g/mol. The molecule has 2 N–H and O–H groups in total. The normalized spacial score (nSPS) is 10.1. The van der Waals surface area contributed by atoms with E-state index < -0.39 is 18.2 Å². The lowest BCUT2D eigenvalue weighted by Crippen LogP contribution is -2.06. The number of rotatable bonds is 0. The number of nitrogens with zero attached hydrogens (tertiary/aromatic N) is 2. The largest absolute Gasteiger partial charge is 0.503 e. The first-order valence-corrected chi connectivity index (χ1v) is 3.43. The molecule has 0 fully saturated rings. The molecule has 0 spiro atoms. The lowest BCUT2D eigenvalue weighted by Gasteiger charge is -1.96. The molecule has 1 aromatic heterocycles. The van der Waals surface area contributed by atoms with Gasteiger partial charge in [0.05, 0.1) is 0 Å². The SMILES string of the molecule is FC(F)(F)c1ncsn1.O=C(O)O. The molecule has 1 aromatic rings. The van der Waals surface area contributed by atoms with Crippen molar-refractivity contribution in [2.24, 2.45) is 0 Å². The third-order valence-electron chi connectivity index (χ3n) is 0.615. The van der Waals surface area contributed by atoms with Gasteiger partial charge in [-0.3, -0.25) is 0 Å². The topological polar surface area (TPSA) is 83.3 Å². The van der Waals surface area contributed by atoms with Crippen LogP contribution in [0, 0.1) is 0 Å². The van der Waals surface area contributed by atoms with Gasteiger partial charge in [-0.2, -0.15) is 17.5 Å². The van der Waals surface area contributed by atoms with Crippen molar-refractivity contribution in [2.45, 2.75) is 6.18 Å². The predicted molar refractivity (Wildman–Crippen MR) is 35.6 cm³/mol. The van der Waals surface area contributed by atoms with Crippen molar-refractivity contribution < 1.29 is 28.2 Å². The highest BCUT2D eigenvalue weighted by Gasteiger charge is 2.34. The monoisotopic (exact) mass is 216 g/mol. The summed E-state index contributed by atoms with van der Waals surface area (Å²) in [7, 11) is 0. The maximum atomic E-state index is 11.5. The summed E-state index contributed by atoms with van der Waals surface area (Å²) in [4.78, 5) is 11.5. The first kappa shape index (κ1) is 11.6. The Morgan fingerprint density at radius 3 is 2.08 bits per heavy atom. The van der Waals surface area contributed by atoms with Crippen molar-refractivity contribution in [1.82, 2.24) is 9.36 Å². The summed E-state index contributed by atoms with van der Waals surface area (Å²) in [6.45, 7) is 0. The summed E-state index contributed by atoms with van der Waals surface area (Å²) in [6, 6.07) is 0. The van der Waals surface area contributed by atoms with Crippen LogP contribution in [0.4, 0.5) is 18.0 Å². The van der Waals surface area contributed by atoms with Crippen molar-refractivity contribution in [2.75, 3.05) is 0 Å². The highest BCUT2D eigenvalue weighted by Crippen LogP contribution is 2.25. The van der Waals surface area contributed by atoms with Crippen LogP contribution in [0.1, 0.15) is 5.82 Å². The number of aromatic nitrogens is 2. The molecule has 0 aliphatic heterocycles. The molecular formula is C4H3F3N2O3S. The van der Waals surface area contributed by atoms with Gasteiger partial charge in [-0.15, -0.1) is 0 Å². The van der Waals surface area contributed by atoms with Gasteiger partial charge in [-0.25, -0.2) is 9.78 Å². The van der Waals surface area contributed by atoms with Gasteiger partial charge in [0.25, 0.3) is 0 Å². The zero-order chi connectivity index (χ0) is 10.5. The number of hydrogen-bond acceptors (Lipinski definition) is 4. The fraction of sp³-hybridized carbons (Fsp3) is 0.250. The maximum absolute atomic E-state index is 11.5. The summed E-state index contributed by atoms with van der Waals surface area (Å²) in [6.07, 6.45) is -6.22. The molecule has 1 rings (SSSR count). The van der Waals surface area contributed by atoms with Crippen LogP contribution in [0.15, 0.2) is 5.51 Å². The molecule has 0 radical (unpaired) electrons. The van der Waals surface area contributed by atoms with Crippen molar-refractivity contribution in [1.29, 1.82) is 0 Å². The second-order valence-corrected chi connectivity index (χ2v) is 2.14. The zero-order valence-corrected chi connectivity index (χ0v) is 6.63. The summed E-state index contributed by atoms with van der Waals surface area (Å²) in [5.74, 6) is -1.06. The Bertz CT molecular complexity index is 256. The van der Waals surface area contributed by atoms with E-state index in [1.807, 2.05) is 0 Å². The van der Waals surface area contributed by atoms with Crippen LogP contribution in [0.3, 0.4) is 0 Å². The zero-order valence-electron chi connectivity index (χ0n) is 5.82. The fourth-order valence-corrected chi connectivity index (χ4v) is 0.740. The van der Waals surface area contributed by atoms with E-state index in [-0.39, 0.29) is 0 Å². The van der Waals surface area contributed by atoms with Gasteiger partial charge in [-0.1, -0.05) is 0 Å². The van der Waals surface area contributed by atoms with Crippen LogP contribution >= 0.6 is 11.5 Å². The molecule has 5 nitrogen and oxygen atoms in total.